The maximum atomic E-state index is 12.5. The van der Waals surface area contributed by atoms with Gasteiger partial charge in [-0.05, 0) is 30.5 Å². The molecule has 0 saturated carbocycles. The van der Waals surface area contributed by atoms with E-state index in [0.29, 0.717) is 31.6 Å². The zero-order chi connectivity index (χ0) is 16.2. The normalized spacial score (nSPS) is 18.0. The second-order valence-electron chi connectivity index (χ2n) is 5.47. The highest BCUT2D eigenvalue weighted by Crippen LogP contribution is 2.30. The maximum absolute atomic E-state index is 12.5. The molecule has 0 bridgehead atoms. The lowest BCUT2D eigenvalue weighted by atomic mass is 9.79. The number of hydrogen-bond donors (Lipinski definition) is 2. The van der Waals surface area contributed by atoms with Gasteiger partial charge in [-0.3, -0.25) is 4.79 Å². The Balaban J connectivity index is 1.96. The number of rotatable bonds is 4. The summed E-state index contributed by atoms with van der Waals surface area (Å²) < 4.78 is 42.7. The Morgan fingerprint density at radius 3 is 2.32 bits per heavy atom. The first kappa shape index (κ1) is 16.8. The zero-order valence-corrected chi connectivity index (χ0v) is 12.1. The van der Waals surface area contributed by atoms with Crippen molar-refractivity contribution in [1.29, 1.82) is 0 Å². The summed E-state index contributed by atoms with van der Waals surface area (Å²) in [4.78, 5) is 12.3. The molecule has 1 saturated heterocycles. The SMILES string of the molecule is NCC1(C(=O)NCc2ccc(C(F)(F)F)cc2)CCOCC1. The standard InChI is InChI=1S/C15H19F3N2O2/c16-15(17,18)12-3-1-11(2-4-12)9-20-13(21)14(10-19)5-7-22-8-6-14/h1-4H,5-10,19H2,(H,20,21). The maximum Gasteiger partial charge on any atom is 0.416 e. The molecule has 0 aliphatic carbocycles. The number of hydrogen-bond acceptors (Lipinski definition) is 3. The van der Waals surface area contributed by atoms with Gasteiger partial charge in [0.1, 0.15) is 0 Å². The zero-order valence-electron chi connectivity index (χ0n) is 12.1. The smallest absolute Gasteiger partial charge is 0.381 e. The number of nitrogens with one attached hydrogen (secondary N) is 1. The Hall–Kier alpha value is -1.60. The lowest BCUT2D eigenvalue weighted by Gasteiger charge is -2.34. The minimum absolute atomic E-state index is 0.168. The second-order valence-corrected chi connectivity index (χ2v) is 5.47. The predicted octanol–water partition coefficient (Wildman–Crippen LogP) is 2.08. The van der Waals surface area contributed by atoms with Crippen LogP contribution in [-0.4, -0.2) is 25.7 Å². The quantitative estimate of drug-likeness (QED) is 0.894. The van der Waals surface area contributed by atoms with Crippen molar-refractivity contribution >= 4 is 5.91 Å². The van der Waals surface area contributed by atoms with Gasteiger partial charge in [0, 0.05) is 26.3 Å². The van der Waals surface area contributed by atoms with Crippen LogP contribution < -0.4 is 11.1 Å². The number of amides is 1. The molecular formula is C15H19F3N2O2. The van der Waals surface area contributed by atoms with Crippen LogP contribution in [0.3, 0.4) is 0 Å². The number of carbonyl (C=O) groups excluding carboxylic acids is 1. The van der Waals surface area contributed by atoms with Crippen LogP contribution in [0.4, 0.5) is 13.2 Å². The van der Waals surface area contributed by atoms with Gasteiger partial charge in [0.05, 0.1) is 11.0 Å². The van der Waals surface area contributed by atoms with E-state index in [1.165, 1.54) is 12.1 Å². The molecule has 1 aromatic carbocycles. The third-order valence-electron chi connectivity index (χ3n) is 4.06. The Bertz CT molecular complexity index is 509. The molecule has 1 heterocycles. The first-order chi connectivity index (χ1) is 10.4. The molecule has 1 aromatic rings. The van der Waals surface area contributed by atoms with Gasteiger partial charge in [-0.15, -0.1) is 0 Å². The minimum Gasteiger partial charge on any atom is -0.381 e. The number of halogens is 3. The van der Waals surface area contributed by atoms with Crippen LogP contribution in [0, 0.1) is 5.41 Å². The molecule has 1 fully saturated rings. The lowest BCUT2D eigenvalue weighted by molar-refractivity contribution is -0.138. The summed E-state index contributed by atoms with van der Waals surface area (Å²) in [7, 11) is 0. The summed E-state index contributed by atoms with van der Waals surface area (Å²) in [6.07, 6.45) is -3.24. The number of carbonyl (C=O) groups is 1. The summed E-state index contributed by atoms with van der Waals surface area (Å²) in [6, 6.07) is 4.74. The first-order valence-corrected chi connectivity index (χ1v) is 7.10. The van der Waals surface area contributed by atoms with Gasteiger partial charge in [-0.2, -0.15) is 13.2 Å². The molecule has 1 aliphatic rings. The molecule has 0 atom stereocenters. The summed E-state index contributed by atoms with van der Waals surface area (Å²) in [5.41, 5.74) is 5.01. The van der Waals surface area contributed by atoms with Gasteiger partial charge < -0.3 is 15.8 Å². The minimum atomic E-state index is -4.35. The monoisotopic (exact) mass is 316 g/mol. The molecule has 122 valence electrons. The van der Waals surface area contributed by atoms with Crippen molar-refractivity contribution in [2.75, 3.05) is 19.8 Å². The van der Waals surface area contributed by atoms with Crippen LogP contribution in [0.1, 0.15) is 24.0 Å². The fourth-order valence-electron chi connectivity index (χ4n) is 2.47. The third-order valence-corrected chi connectivity index (χ3v) is 4.06. The molecule has 4 nitrogen and oxygen atoms in total. The molecule has 0 radical (unpaired) electrons. The first-order valence-electron chi connectivity index (χ1n) is 7.10. The summed E-state index contributed by atoms with van der Waals surface area (Å²) >= 11 is 0. The van der Waals surface area contributed by atoms with Crippen molar-refractivity contribution in [3.8, 4) is 0 Å². The lowest BCUT2D eigenvalue weighted by Crippen LogP contribution is -2.48. The van der Waals surface area contributed by atoms with Gasteiger partial charge in [0.2, 0.25) is 5.91 Å². The van der Waals surface area contributed by atoms with Gasteiger partial charge in [-0.25, -0.2) is 0 Å². The van der Waals surface area contributed by atoms with Crippen LogP contribution in [-0.2, 0) is 22.3 Å². The van der Waals surface area contributed by atoms with Gasteiger partial charge in [0.25, 0.3) is 0 Å². The van der Waals surface area contributed by atoms with E-state index in [0.717, 1.165) is 12.1 Å². The molecule has 1 amide bonds. The molecule has 3 N–H and O–H groups in total. The van der Waals surface area contributed by atoms with E-state index >= 15 is 0 Å². The molecular weight excluding hydrogens is 297 g/mol. The van der Waals surface area contributed by atoms with Crippen molar-refractivity contribution in [2.45, 2.75) is 25.6 Å². The van der Waals surface area contributed by atoms with Crippen molar-refractivity contribution in [1.82, 2.24) is 5.32 Å². The Labute approximate surface area is 126 Å². The van der Waals surface area contributed by atoms with Crippen molar-refractivity contribution in [3.63, 3.8) is 0 Å². The van der Waals surface area contributed by atoms with Gasteiger partial charge >= 0.3 is 6.18 Å². The average molecular weight is 316 g/mol. The molecule has 0 aromatic heterocycles. The van der Waals surface area contributed by atoms with Crippen molar-refractivity contribution in [3.05, 3.63) is 35.4 Å². The summed E-state index contributed by atoms with van der Waals surface area (Å²) in [5.74, 6) is -0.168. The van der Waals surface area contributed by atoms with Crippen LogP contribution in [0.5, 0.6) is 0 Å². The Kier molecular flexibility index (Phi) is 5.08. The highest BCUT2D eigenvalue weighted by atomic mass is 19.4. The fraction of sp³-hybridized carbons (Fsp3) is 0.533. The summed E-state index contributed by atoms with van der Waals surface area (Å²) in [6.45, 7) is 1.39. The molecule has 7 heteroatoms. The van der Waals surface area contributed by atoms with E-state index in [2.05, 4.69) is 5.32 Å². The molecule has 0 spiro atoms. The average Bonchev–Trinajstić information content (AvgIpc) is 2.52. The fourth-order valence-corrected chi connectivity index (χ4v) is 2.47. The number of nitrogens with two attached hydrogens (primary N) is 1. The van der Waals surface area contributed by atoms with E-state index in [1.54, 1.807) is 0 Å². The largest absolute Gasteiger partial charge is 0.416 e. The molecule has 22 heavy (non-hydrogen) atoms. The van der Waals surface area contributed by atoms with E-state index in [4.69, 9.17) is 10.5 Å². The summed E-state index contributed by atoms with van der Waals surface area (Å²) in [5, 5.41) is 2.76. The van der Waals surface area contributed by atoms with E-state index < -0.39 is 17.2 Å². The molecule has 0 unspecified atom stereocenters. The highest BCUT2D eigenvalue weighted by Gasteiger charge is 2.38. The number of alkyl halides is 3. The third kappa shape index (κ3) is 3.78. The van der Waals surface area contributed by atoms with E-state index in [1.807, 2.05) is 0 Å². The second kappa shape index (κ2) is 6.66. The van der Waals surface area contributed by atoms with Crippen LogP contribution in [0.15, 0.2) is 24.3 Å². The topological polar surface area (TPSA) is 64.4 Å². The van der Waals surface area contributed by atoms with Crippen molar-refractivity contribution < 1.29 is 22.7 Å². The van der Waals surface area contributed by atoms with Gasteiger partial charge in [0.15, 0.2) is 0 Å². The Morgan fingerprint density at radius 2 is 1.82 bits per heavy atom. The number of benzene rings is 1. The number of ether oxygens (including phenoxy) is 1. The van der Waals surface area contributed by atoms with Crippen molar-refractivity contribution in [2.24, 2.45) is 11.1 Å². The van der Waals surface area contributed by atoms with Gasteiger partial charge in [-0.1, -0.05) is 12.1 Å². The van der Waals surface area contributed by atoms with E-state index in [9.17, 15) is 18.0 Å². The van der Waals surface area contributed by atoms with Crippen LogP contribution in [0.25, 0.3) is 0 Å². The highest BCUT2D eigenvalue weighted by molar-refractivity contribution is 5.83. The molecule has 1 aliphatic heterocycles. The van der Waals surface area contributed by atoms with Crippen LogP contribution >= 0.6 is 0 Å². The van der Waals surface area contributed by atoms with Crippen LogP contribution in [0.2, 0.25) is 0 Å². The molecule has 2 rings (SSSR count). The van der Waals surface area contributed by atoms with E-state index in [-0.39, 0.29) is 19.0 Å². The Morgan fingerprint density at radius 1 is 1.23 bits per heavy atom. The predicted molar refractivity (Wildman–Crippen MR) is 74.8 cm³/mol.